The monoisotopic (exact) mass is 248 g/mol. The summed E-state index contributed by atoms with van der Waals surface area (Å²) in [4.78, 5) is 2.52. The second-order valence-corrected chi connectivity index (χ2v) is 5.18. The summed E-state index contributed by atoms with van der Waals surface area (Å²) in [6.07, 6.45) is 2.22. The molecule has 0 aromatic heterocycles. The topological polar surface area (TPSA) is 24.5 Å². The quantitative estimate of drug-likeness (QED) is 0.861. The molecular formula is C15H24N2O. The van der Waals surface area contributed by atoms with Crippen LogP contribution in [0.1, 0.15) is 18.4 Å². The Morgan fingerprint density at radius 2 is 1.89 bits per heavy atom. The number of hydrogen-bond donors (Lipinski definition) is 1. The first-order valence-corrected chi connectivity index (χ1v) is 6.74. The van der Waals surface area contributed by atoms with Crippen LogP contribution in [0.2, 0.25) is 0 Å². The van der Waals surface area contributed by atoms with Gasteiger partial charge in [0.2, 0.25) is 0 Å². The molecule has 100 valence electrons. The van der Waals surface area contributed by atoms with Crippen LogP contribution < -0.4 is 5.32 Å². The standard InChI is InChI=1S/C15H24N2O/c1-16-13-15(18-2)8-10-17(11-9-15)12-14-6-4-3-5-7-14/h3-7,16H,8-13H2,1-2H3. The molecule has 0 atom stereocenters. The molecule has 1 fully saturated rings. The zero-order chi connectivity index (χ0) is 12.8. The number of hydrogen-bond acceptors (Lipinski definition) is 3. The van der Waals surface area contributed by atoms with E-state index in [4.69, 9.17) is 4.74 Å². The normalized spacial score (nSPS) is 19.9. The van der Waals surface area contributed by atoms with Crippen molar-refractivity contribution in [3.8, 4) is 0 Å². The summed E-state index contributed by atoms with van der Waals surface area (Å²) in [5.41, 5.74) is 1.44. The highest BCUT2D eigenvalue weighted by molar-refractivity contribution is 5.14. The largest absolute Gasteiger partial charge is 0.377 e. The molecule has 18 heavy (non-hydrogen) atoms. The van der Waals surface area contributed by atoms with Gasteiger partial charge in [-0.05, 0) is 25.5 Å². The fraction of sp³-hybridized carbons (Fsp3) is 0.600. The van der Waals surface area contributed by atoms with Crippen LogP contribution in [0.3, 0.4) is 0 Å². The lowest BCUT2D eigenvalue weighted by Gasteiger charge is -2.40. The van der Waals surface area contributed by atoms with E-state index in [1.165, 1.54) is 5.56 Å². The second-order valence-electron chi connectivity index (χ2n) is 5.18. The van der Waals surface area contributed by atoms with Crippen molar-refractivity contribution < 1.29 is 4.74 Å². The van der Waals surface area contributed by atoms with Crippen molar-refractivity contribution in [2.45, 2.75) is 25.0 Å². The van der Waals surface area contributed by atoms with Gasteiger partial charge in [0.1, 0.15) is 0 Å². The number of methoxy groups -OCH3 is 1. The minimum atomic E-state index is 0.0436. The summed E-state index contributed by atoms with van der Waals surface area (Å²) in [6.45, 7) is 4.23. The molecule has 0 aliphatic carbocycles. The Morgan fingerprint density at radius 1 is 1.22 bits per heavy atom. The van der Waals surface area contributed by atoms with Crippen LogP contribution in [0, 0.1) is 0 Å². The molecule has 0 amide bonds. The van der Waals surface area contributed by atoms with E-state index >= 15 is 0 Å². The highest BCUT2D eigenvalue weighted by Crippen LogP contribution is 2.25. The van der Waals surface area contributed by atoms with Crippen molar-refractivity contribution in [3.63, 3.8) is 0 Å². The van der Waals surface area contributed by atoms with Gasteiger partial charge in [-0.1, -0.05) is 30.3 Å². The molecule has 3 heteroatoms. The van der Waals surface area contributed by atoms with Crippen LogP contribution in [0.5, 0.6) is 0 Å². The average Bonchev–Trinajstić information content (AvgIpc) is 2.43. The van der Waals surface area contributed by atoms with Crippen molar-refractivity contribution in [3.05, 3.63) is 35.9 Å². The van der Waals surface area contributed by atoms with Gasteiger partial charge in [-0.15, -0.1) is 0 Å². The van der Waals surface area contributed by atoms with Crippen LogP contribution in [0.4, 0.5) is 0 Å². The molecule has 1 aromatic rings. The number of likely N-dealkylation sites (tertiary alicyclic amines) is 1. The maximum atomic E-state index is 5.73. The minimum Gasteiger partial charge on any atom is -0.377 e. The van der Waals surface area contributed by atoms with Gasteiger partial charge in [0.25, 0.3) is 0 Å². The van der Waals surface area contributed by atoms with E-state index in [1.54, 1.807) is 0 Å². The fourth-order valence-corrected chi connectivity index (χ4v) is 2.74. The lowest BCUT2D eigenvalue weighted by molar-refractivity contribution is -0.0555. The highest BCUT2D eigenvalue weighted by atomic mass is 16.5. The summed E-state index contributed by atoms with van der Waals surface area (Å²) in [5.74, 6) is 0. The van der Waals surface area contributed by atoms with Gasteiger partial charge in [-0.2, -0.15) is 0 Å². The number of benzene rings is 1. The Balaban J connectivity index is 1.86. The van der Waals surface area contributed by atoms with E-state index in [2.05, 4.69) is 40.5 Å². The van der Waals surface area contributed by atoms with Gasteiger partial charge >= 0.3 is 0 Å². The lowest BCUT2D eigenvalue weighted by atomic mass is 9.90. The highest BCUT2D eigenvalue weighted by Gasteiger charge is 2.33. The Kier molecular flexibility index (Phi) is 4.75. The zero-order valence-corrected chi connectivity index (χ0v) is 11.5. The second kappa shape index (κ2) is 6.32. The zero-order valence-electron chi connectivity index (χ0n) is 11.5. The summed E-state index contributed by atoms with van der Waals surface area (Å²) >= 11 is 0. The van der Waals surface area contributed by atoms with E-state index in [9.17, 15) is 0 Å². The molecule has 1 N–H and O–H groups in total. The molecule has 0 spiro atoms. The number of piperidine rings is 1. The maximum absolute atomic E-state index is 5.73. The van der Waals surface area contributed by atoms with E-state index in [0.29, 0.717) is 0 Å². The molecule has 1 aliphatic heterocycles. The average molecular weight is 248 g/mol. The van der Waals surface area contributed by atoms with E-state index in [1.807, 2.05) is 14.2 Å². The van der Waals surface area contributed by atoms with Gasteiger partial charge in [0.05, 0.1) is 5.60 Å². The van der Waals surface area contributed by atoms with Crippen molar-refractivity contribution in [1.82, 2.24) is 10.2 Å². The van der Waals surface area contributed by atoms with Crippen LogP contribution in [-0.4, -0.2) is 44.3 Å². The van der Waals surface area contributed by atoms with Crippen LogP contribution in [-0.2, 0) is 11.3 Å². The molecule has 0 unspecified atom stereocenters. The molecule has 1 saturated heterocycles. The van der Waals surface area contributed by atoms with Crippen molar-refractivity contribution >= 4 is 0 Å². The smallest absolute Gasteiger partial charge is 0.0826 e. The Bertz CT molecular complexity index is 345. The number of nitrogens with zero attached hydrogens (tertiary/aromatic N) is 1. The minimum absolute atomic E-state index is 0.0436. The maximum Gasteiger partial charge on any atom is 0.0826 e. The SMILES string of the molecule is CNCC1(OC)CCN(Cc2ccccc2)CC1. The van der Waals surface area contributed by atoms with E-state index < -0.39 is 0 Å². The first-order chi connectivity index (χ1) is 8.78. The third-order valence-corrected chi connectivity index (χ3v) is 3.95. The van der Waals surface area contributed by atoms with Crippen LogP contribution in [0.15, 0.2) is 30.3 Å². The third-order valence-electron chi connectivity index (χ3n) is 3.95. The predicted octanol–water partition coefficient (Wildman–Crippen LogP) is 1.89. The summed E-state index contributed by atoms with van der Waals surface area (Å²) < 4.78 is 5.73. The molecular weight excluding hydrogens is 224 g/mol. The Morgan fingerprint density at radius 3 is 2.44 bits per heavy atom. The van der Waals surface area contributed by atoms with Gasteiger partial charge in [-0.25, -0.2) is 0 Å². The Labute approximate surface area is 110 Å². The lowest BCUT2D eigenvalue weighted by Crippen LogP contribution is -2.50. The first-order valence-electron chi connectivity index (χ1n) is 6.74. The van der Waals surface area contributed by atoms with Crippen molar-refractivity contribution in [1.29, 1.82) is 0 Å². The van der Waals surface area contributed by atoms with Gasteiger partial charge < -0.3 is 10.1 Å². The Hall–Kier alpha value is -0.900. The van der Waals surface area contributed by atoms with Crippen molar-refractivity contribution in [2.24, 2.45) is 0 Å². The number of nitrogens with one attached hydrogen (secondary N) is 1. The third kappa shape index (κ3) is 3.31. The van der Waals surface area contributed by atoms with Crippen LogP contribution >= 0.6 is 0 Å². The molecule has 0 radical (unpaired) electrons. The molecule has 3 nitrogen and oxygen atoms in total. The number of likely N-dealkylation sites (N-methyl/N-ethyl adjacent to an activating group) is 1. The predicted molar refractivity (Wildman–Crippen MR) is 74.6 cm³/mol. The molecule has 0 bridgehead atoms. The number of ether oxygens (including phenoxy) is 1. The van der Waals surface area contributed by atoms with Gasteiger partial charge in [0, 0.05) is 33.3 Å². The number of rotatable bonds is 5. The van der Waals surface area contributed by atoms with E-state index in [0.717, 1.165) is 39.0 Å². The van der Waals surface area contributed by atoms with Gasteiger partial charge in [0.15, 0.2) is 0 Å². The molecule has 1 aliphatic rings. The van der Waals surface area contributed by atoms with Crippen molar-refractivity contribution in [2.75, 3.05) is 33.8 Å². The molecule has 1 aromatic carbocycles. The molecule has 2 rings (SSSR count). The first kappa shape index (κ1) is 13.5. The fourth-order valence-electron chi connectivity index (χ4n) is 2.74. The van der Waals surface area contributed by atoms with Crippen LogP contribution in [0.25, 0.3) is 0 Å². The van der Waals surface area contributed by atoms with Gasteiger partial charge in [-0.3, -0.25) is 4.90 Å². The summed E-state index contributed by atoms with van der Waals surface area (Å²) in [6, 6.07) is 10.7. The molecule has 1 heterocycles. The summed E-state index contributed by atoms with van der Waals surface area (Å²) in [5, 5.41) is 3.25. The summed E-state index contributed by atoms with van der Waals surface area (Å²) in [7, 11) is 3.83. The molecule has 0 saturated carbocycles. The van der Waals surface area contributed by atoms with E-state index in [-0.39, 0.29) is 5.60 Å².